The van der Waals surface area contributed by atoms with Crippen LogP contribution in [0.5, 0.6) is 0 Å². The van der Waals surface area contributed by atoms with Crippen LogP contribution in [-0.2, 0) is 0 Å². The van der Waals surface area contributed by atoms with E-state index in [9.17, 15) is 0 Å². The van der Waals surface area contributed by atoms with Gasteiger partial charge in [-0.05, 0) is 11.5 Å². The van der Waals surface area contributed by atoms with Crippen LogP contribution in [0.15, 0.2) is 5.38 Å². The number of rotatable bonds is 1. The molecule has 1 saturated heterocycles. The molecule has 2 heterocycles. The van der Waals surface area contributed by atoms with E-state index in [1.54, 1.807) is 0 Å². The zero-order valence-corrected chi connectivity index (χ0v) is 6.97. The van der Waals surface area contributed by atoms with E-state index in [0.29, 0.717) is 5.37 Å². The van der Waals surface area contributed by atoms with Gasteiger partial charge in [-0.3, -0.25) is 0 Å². The summed E-state index contributed by atoms with van der Waals surface area (Å²) in [6.07, 6.45) is 2.96. The lowest BCUT2D eigenvalue weighted by Gasteiger charge is -2.03. The maximum absolute atomic E-state index is 3.93. The van der Waals surface area contributed by atoms with Gasteiger partial charge in [0.1, 0.15) is 6.20 Å². The van der Waals surface area contributed by atoms with E-state index in [2.05, 4.69) is 21.3 Å². The second-order valence-corrected chi connectivity index (χ2v) is 3.93. The molecule has 0 amide bonds. The summed E-state index contributed by atoms with van der Waals surface area (Å²) in [5, 5.41) is 5.87. The molecule has 0 bridgehead atoms. The van der Waals surface area contributed by atoms with E-state index in [1.807, 2.05) is 11.8 Å². The van der Waals surface area contributed by atoms with Crippen LogP contribution in [0.3, 0.4) is 0 Å². The average Bonchev–Trinajstić information content (AvgIpc) is 2.59. The molecule has 0 spiro atoms. The number of nitrogens with zero attached hydrogens (tertiary/aromatic N) is 1. The summed E-state index contributed by atoms with van der Waals surface area (Å²) in [5.74, 6) is 1.20. The van der Waals surface area contributed by atoms with Gasteiger partial charge in [0, 0.05) is 23.2 Å². The zero-order chi connectivity index (χ0) is 6.81. The molecule has 1 radical (unpaired) electrons. The van der Waals surface area contributed by atoms with Crippen molar-refractivity contribution in [1.82, 2.24) is 9.69 Å². The van der Waals surface area contributed by atoms with Crippen LogP contribution >= 0.6 is 23.3 Å². The fourth-order valence-electron chi connectivity index (χ4n) is 0.934. The van der Waals surface area contributed by atoms with E-state index in [1.165, 1.54) is 22.8 Å². The van der Waals surface area contributed by atoms with Crippen LogP contribution in [0.25, 0.3) is 0 Å². The first kappa shape index (κ1) is 6.64. The third-order valence-electron chi connectivity index (χ3n) is 1.41. The Bertz CT molecular complexity index is 192. The summed E-state index contributed by atoms with van der Waals surface area (Å²) < 4.78 is 3.93. The Hall–Kier alpha value is -0.0600. The molecule has 1 aromatic heterocycles. The minimum absolute atomic E-state index is 0.457. The number of hydrogen-bond acceptors (Lipinski definition) is 4. The monoisotopic (exact) mass is 171 g/mol. The van der Waals surface area contributed by atoms with Crippen molar-refractivity contribution in [2.75, 3.05) is 12.3 Å². The molecule has 1 N–H and O–H groups in total. The Morgan fingerprint density at radius 1 is 1.80 bits per heavy atom. The highest BCUT2D eigenvalue weighted by molar-refractivity contribution is 7.99. The Balaban J connectivity index is 2.12. The molecule has 1 fully saturated rings. The first-order chi connectivity index (χ1) is 4.97. The highest BCUT2D eigenvalue weighted by Gasteiger charge is 2.17. The van der Waals surface area contributed by atoms with Crippen molar-refractivity contribution in [1.29, 1.82) is 0 Å². The molecular weight excluding hydrogens is 164 g/mol. The molecule has 10 heavy (non-hydrogen) atoms. The number of thioether (sulfide) groups is 1. The van der Waals surface area contributed by atoms with E-state index >= 15 is 0 Å². The Labute approximate surface area is 68.2 Å². The number of hydrogen-bond donors (Lipinski definition) is 1. The van der Waals surface area contributed by atoms with Crippen molar-refractivity contribution in [3.8, 4) is 0 Å². The third-order valence-corrected chi connectivity index (χ3v) is 3.16. The van der Waals surface area contributed by atoms with Gasteiger partial charge in [-0.1, -0.05) is 0 Å². The number of aromatic nitrogens is 1. The molecule has 0 aromatic carbocycles. The lowest BCUT2D eigenvalue weighted by Crippen LogP contribution is -2.11. The molecule has 2 nitrogen and oxygen atoms in total. The summed E-state index contributed by atoms with van der Waals surface area (Å²) in [5.41, 5.74) is 1.20. The lowest BCUT2D eigenvalue weighted by molar-refractivity contribution is 0.751. The van der Waals surface area contributed by atoms with Crippen molar-refractivity contribution in [3.05, 3.63) is 17.1 Å². The molecule has 1 aromatic rings. The van der Waals surface area contributed by atoms with Gasteiger partial charge in [-0.25, -0.2) is 0 Å². The maximum Gasteiger partial charge on any atom is 0.110 e. The fraction of sp³-hybridized carbons (Fsp3) is 0.500. The van der Waals surface area contributed by atoms with Gasteiger partial charge < -0.3 is 5.32 Å². The predicted molar refractivity (Wildman–Crippen MR) is 44.2 cm³/mol. The summed E-state index contributed by atoms with van der Waals surface area (Å²) in [6, 6.07) is 0. The van der Waals surface area contributed by atoms with E-state index in [4.69, 9.17) is 0 Å². The van der Waals surface area contributed by atoms with Crippen molar-refractivity contribution < 1.29 is 0 Å². The lowest BCUT2D eigenvalue weighted by atomic mass is 10.4. The van der Waals surface area contributed by atoms with Gasteiger partial charge >= 0.3 is 0 Å². The van der Waals surface area contributed by atoms with Crippen molar-refractivity contribution in [2.45, 2.75) is 5.37 Å². The average molecular weight is 171 g/mol. The van der Waals surface area contributed by atoms with Crippen molar-refractivity contribution in [2.24, 2.45) is 0 Å². The van der Waals surface area contributed by atoms with Crippen LogP contribution in [0, 0.1) is 6.20 Å². The predicted octanol–water partition coefficient (Wildman–Crippen LogP) is 1.28. The molecule has 4 heteroatoms. The molecule has 2 rings (SSSR count). The van der Waals surface area contributed by atoms with Crippen molar-refractivity contribution in [3.63, 3.8) is 0 Å². The molecule has 1 aliphatic heterocycles. The first-order valence-electron chi connectivity index (χ1n) is 3.14. The largest absolute Gasteiger partial charge is 0.301 e. The van der Waals surface area contributed by atoms with Crippen LogP contribution in [0.1, 0.15) is 10.9 Å². The second-order valence-electron chi connectivity index (χ2n) is 2.09. The first-order valence-corrected chi connectivity index (χ1v) is 5.02. The van der Waals surface area contributed by atoms with Crippen LogP contribution in [0.4, 0.5) is 0 Å². The van der Waals surface area contributed by atoms with Gasteiger partial charge in [-0.15, -0.1) is 11.8 Å². The second kappa shape index (κ2) is 2.90. The molecule has 1 unspecified atom stereocenters. The fourth-order valence-corrected chi connectivity index (χ4v) is 2.54. The van der Waals surface area contributed by atoms with E-state index in [-0.39, 0.29) is 0 Å². The van der Waals surface area contributed by atoms with Gasteiger partial charge in [0.25, 0.3) is 0 Å². The van der Waals surface area contributed by atoms with E-state index < -0.39 is 0 Å². The Morgan fingerprint density at radius 2 is 2.80 bits per heavy atom. The molecule has 1 atom stereocenters. The van der Waals surface area contributed by atoms with Gasteiger partial charge in [0.05, 0.1) is 5.37 Å². The Kier molecular flexibility index (Phi) is 1.93. The third kappa shape index (κ3) is 1.19. The van der Waals surface area contributed by atoms with Gasteiger partial charge in [0.15, 0.2) is 0 Å². The van der Waals surface area contributed by atoms with Gasteiger partial charge in [-0.2, -0.15) is 4.37 Å². The van der Waals surface area contributed by atoms with E-state index in [0.717, 1.165) is 6.54 Å². The van der Waals surface area contributed by atoms with Gasteiger partial charge in [0.2, 0.25) is 0 Å². The van der Waals surface area contributed by atoms with Crippen LogP contribution in [-0.4, -0.2) is 16.7 Å². The highest BCUT2D eigenvalue weighted by Crippen LogP contribution is 2.29. The highest BCUT2D eigenvalue weighted by atomic mass is 32.2. The molecular formula is C6H7N2S2. The minimum Gasteiger partial charge on any atom is -0.301 e. The van der Waals surface area contributed by atoms with Crippen LogP contribution in [0.2, 0.25) is 0 Å². The smallest absolute Gasteiger partial charge is 0.110 e. The molecule has 1 aliphatic rings. The normalized spacial score (nSPS) is 25.4. The maximum atomic E-state index is 3.93. The topological polar surface area (TPSA) is 24.9 Å². The summed E-state index contributed by atoms with van der Waals surface area (Å²) in [7, 11) is 0. The van der Waals surface area contributed by atoms with Crippen LogP contribution < -0.4 is 5.32 Å². The summed E-state index contributed by atoms with van der Waals surface area (Å²) in [6.45, 7) is 1.11. The standard InChI is InChI=1S/C6H7N2S2/c1-2-9-6(7-1)5-3-8-10-4-5/h4,6-7H,1-2H2. The quantitative estimate of drug-likeness (QED) is 0.689. The number of nitrogens with one attached hydrogen (secondary N) is 1. The minimum atomic E-state index is 0.457. The molecule has 53 valence electrons. The summed E-state index contributed by atoms with van der Waals surface area (Å²) >= 11 is 3.39. The SMILES string of the molecule is [c]1nscc1C1NCCS1. The molecule has 0 saturated carbocycles. The summed E-state index contributed by atoms with van der Waals surface area (Å²) in [4.78, 5) is 0. The molecule has 0 aliphatic carbocycles. The van der Waals surface area contributed by atoms with Crippen molar-refractivity contribution >= 4 is 23.3 Å². The Morgan fingerprint density at radius 3 is 3.40 bits per heavy atom. The zero-order valence-electron chi connectivity index (χ0n) is 5.33.